The highest BCUT2D eigenvalue weighted by Gasteiger charge is 2.21. The Morgan fingerprint density at radius 3 is 2.15 bits per heavy atom. The highest BCUT2D eigenvalue weighted by Crippen LogP contribution is 2.33. The number of para-hydroxylation sites is 1. The fraction of sp³-hybridized carbons (Fsp3) is 0.212. The van der Waals surface area contributed by atoms with Gasteiger partial charge in [-0.1, -0.05) is 42.5 Å². The van der Waals surface area contributed by atoms with Gasteiger partial charge in [0.25, 0.3) is 0 Å². The first-order valence-corrected chi connectivity index (χ1v) is 13.3. The Morgan fingerprint density at radius 2 is 1.51 bits per heavy atom. The molecule has 2 N–H and O–H groups in total. The summed E-state index contributed by atoms with van der Waals surface area (Å²) in [4.78, 5) is 22.6. The number of ether oxygens (including phenoxy) is 2. The lowest BCUT2D eigenvalue weighted by Crippen LogP contribution is -2.10. The van der Waals surface area contributed by atoms with Gasteiger partial charge in [-0.25, -0.2) is 4.39 Å². The van der Waals surface area contributed by atoms with Gasteiger partial charge in [-0.15, -0.1) is 0 Å². The molecule has 0 spiro atoms. The molecule has 0 radical (unpaired) electrons. The maximum Gasteiger partial charge on any atom is 0.323 e. The first kappa shape index (κ1) is 29.1. The minimum atomic E-state index is -1.05. The summed E-state index contributed by atoms with van der Waals surface area (Å²) in [6.07, 6.45) is 8.09. The Hall–Kier alpha value is -4.85. The average Bonchev–Trinajstić information content (AvgIpc) is 3.22. The van der Waals surface area contributed by atoms with Gasteiger partial charge in [-0.2, -0.15) is 0 Å². The molecule has 0 saturated carbocycles. The molecule has 0 aliphatic heterocycles. The zero-order valence-corrected chi connectivity index (χ0v) is 22.8. The maximum atomic E-state index is 15.1. The molecular weight excluding hydrogens is 525 g/mol. The molecule has 4 aromatic rings. The van der Waals surface area contributed by atoms with E-state index in [1.165, 1.54) is 6.07 Å². The maximum absolute atomic E-state index is 15.1. The number of carboxylic acids is 2. The number of rotatable bonds is 14. The lowest BCUT2D eigenvalue weighted by Gasteiger charge is -2.08. The van der Waals surface area contributed by atoms with E-state index in [2.05, 4.69) is 0 Å². The van der Waals surface area contributed by atoms with Gasteiger partial charge < -0.3 is 24.3 Å². The molecule has 1 aromatic heterocycles. The average molecular weight is 558 g/mol. The molecule has 4 rings (SSSR count). The van der Waals surface area contributed by atoms with Gasteiger partial charge in [0.15, 0.2) is 0 Å². The van der Waals surface area contributed by atoms with Crippen molar-refractivity contribution in [2.75, 3.05) is 13.2 Å². The number of nitrogens with zero attached hydrogens (tertiary/aromatic N) is 1. The Balaban J connectivity index is 1.46. The molecule has 41 heavy (non-hydrogen) atoms. The first-order valence-electron chi connectivity index (χ1n) is 13.3. The number of hydrogen-bond acceptors (Lipinski definition) is 4. The SMILES string of the molecule is Cc1c(CCCC(=O)O)c2c(F)ccc(/C=C/c3ccc(OC/C=C/COc4ccccc4)cc3)c2n1CC(=O)O. The molecule has 212 valence electrons. The molecule has 0 bridgehead atoms. The molecule has 1 heterocycles. The second-order valence-corrected chi connectivity index (χ2v) is 9.46. The van der Waals surface area contributed by atoms with Crippen molar-refractivity contribution in [2.45, 2.75) is 32.7 Å². The fourth-order valence-electron chi connectivity index (χ4n) is 4.66. The van der Waals surface area contributed by atoms with E-state index in [4.69, 9.17) is 14.6 Å². The van der Waals surface area contributed by atoms with Crippen LogP contribution < -0.4 is 9.47 Å². The summed E-state index contributed by atoms with van der Waals surface area (Å²) in [5.74, 6) is -0.920. The number of carboxylic acid groups (broad SMARTS) is 2. The predicted octanol–water partition coefficient (Wildman–Crippen LogP) is 6.77. The number of aliphatic carboxylic acids is 2. The van der Waals surface area contributed by atoms with Crippen LogP contribution >= 0.6 is 0 Å². The number of hydrogen-bond donors (Lipinski definition) is 2. The molecular formula is C33H32FNO6. The summed E-state index contributed by atoms with van der Waals surface area (Å²) in [5.41, 5.74) is 3.29. The molecule has 0 amide bonds. The van der Waals surface area contributed by atoms with Gasteiger partial charge in [0.1, 0.15) is 37.1 Å². The lowest BCUT2D eigenvalue weighted by atomic mass is 10.0. The molecule has 3 aromatic carbocycles. The van der Waals surface area contributed by atoms with Crippen LogP contribution in [0.3, 0.4) is 0 Å². The number of benzene rings is 3. The van der Waals surface area contributed by atoms with E-state index in [0.717, 1.165) is 11.3 Å². The standard InChI is InChI=1S/C33H32FNO6/c1-23-28(10-7-11-30(36)37)32-29(34)19-16-25(33(32)35(23)22-31(38)39)15-12-24-13-17-27(18-14-24)41-21-6-5-20-40-26-8-3-2-4-9-26/h2-6,8-9,12-19H,7,10-11,20-22H2,1H3,(H,36,37)(H,38,39)/b6-5+,15-12+. The monoisotopic (exact) mass is 557 g/mol. The second-order valence-electron chi connectivity index (χ2n) is 9.46. The van der Waals surface area contributed by atoms with Gasteiger partial charge in [0.2, 0.25) is 0 Å². The van der Waals surface area contributed by atoms with Crippen LogP contribution in [-0.4, -0.2) is 39.9 Å². The molecule has 7 nitrogen and oxygen atoms in total. The fourth-order valence-corrected chi connectivity index (χ4v) is 4.66. The number of halogens is 1. The minimum absolute atomic E-state index is 0.0507. The third-order valence-corrected chi connectivity index (χ3v) is 6.62. The predicted molar refractivity (Wildman–Crippen MR) is 157 cm³/mol. The van der Waals surface area contributed by atoms with Gasteiger partial charge in [-0.05, 0) is 85.0 Å². The Morgan fingerprint density at radius 1 is 0.854 bits per heavy atom. The molecule has 0 fully saturated rings. The molecule has 0 saturated heterocycles. The summed E-state index contributed by atoms with van der Waals surface area (Å²) in [6, 6.07) is 20.1. The van der Waals surface area contributed by atoms with Crippen LogP contribution in [0, 0.1) is 12.7 Å². The lowest BCUT2D eigenvalue weighted by molar-refractivity contribution is -0.138. The van der Waals surface area contributed by atoms with Crippen molar-refractivity contribution in [1.82, 2.24) is 4.57 Å². The van der Waals surface area contributed by atoms with Crippen LogP contribution in [0.2, 0.25) is 0 Å². The van der Waals surface area contributed by atoms with Crippen LogP contribution in [0.4, 0.5) is 4.39 Å². The van der Waals surface area contributed by atoms with Crippen molar-refractivity contribution in [1.29, 1.82) is 0 Å². The highest BCUT2D eigenvalue weighted by atomic mass is 19.1. The minimum Gasteiger partial charge on any atom is -0.490 e. The quantitative estimate of drug-likeness (QED) is 0.131. The molecule has 0 unspecified atom stereocenters. The number of fused-ring (bicyclic) bond motifs is 1. The van der Waals surface area contributed by atoms with Crippen LogP contribution in [-0.2, 0) is 22.6 Å². The van der Waals surface area contributed by atoms with Gasteiger partial charge in [0.05, 0.1) is 5.52 Å². The van der Waals surface area contributed by atoms with Crippen molar-refractivity contribution in [3.8, 4) is 11.5 Å². The van der Waals surface area contributed by atoms with E-state index in [-0.39, 0.29) is 13.0 Å². The van der Waals surface area contributed by atoms with Crippen molar-refractivity contribution in [2.24, 2.45) is 0 Å². The second kappa shape index (κ2) is 14.0. The summed E-state index contributed by atoms with van der Waals surface area (Å²) in [5, 5.41) is 18.9. The topological polar surface area (TPSA) is 98.0 Å². The number of aromatic nitrogens is 1. The van der Waals surface area contributed by atoms with Crippen LogP contribution in [0.5, 0.6) is 11.5 Å². The largest absolute Gasteiger partial charge is 0.490 e. The van der Waals surface area contributed by atoms with E-state index >= 15 is 4.39 Å². The summed E-state index contributed by atoms with van der Waals surface area (Å²) in [7, 11) is 0. The third kappa shape index (κ3) is 7.85. The van der Waals surface area contributed by atoms with Crippen LogP contribution in [0.1, 0.15) is 35.2 Å². The van der Waals surface area contributed by atoms with Gasteiger partial charge >= 0.3 is 11.9 Å². The number of carbonyl (C=O) groups is 2. The molecule has 8 heteroatoms. The zero-order valence-electron chi connectivity index (χ0n) is 22.8. The van der Waals surface area contributed by atoms with E-state index in [1.807, 2.05) is 78.9 Å². The molecule has 0 aliphatic rings. The summed E-state index contributed by atoms with van der Waals surface area (Å²) in [6.45, 7) is 2.27. The normalized spacial score (nSPS) is 11.5. The van der Waals surface area contributed by atoms with Crippen LogP contribution in [0.15, 0.2) is 78.9 Å². The smallest absolute Gasteiger partial charge is 0.323 e. The van der Waals surface area contributed by atoms with E-state index in [9.17, 15) is 14.7 Å². The van der Waals surface area contributed by atoms with E-state index < -0.39 is 17.8 Å². The van der Waals surface area contributed by atoms with Crippen LogP contribution in [0.25, 0.3) is 23.1 Å². The third-order valence-electron chi connectivity index (χ3n) is 6.62. The Labute approximate surface area is 237 Å². The van der Waals surface area contributed by atoms with E-state index in [1.54, 1.807) is 17.6 Å². The zero-order chi connectivity index (χ0) is 29.2. The Kier molecular flexibility index (Phi) is 9.94. The molecule has 0 aliphatic carbocycles. The summed E-state index contributed by atoms with van der Waals surface area (Å²) >= 11 is 0. The number of aryl methyl sites for hydroxylation is 1. The summed E-state index contributed by atoms with van der Waals surface area (Å²) < 4.78 is 28.0. The van der Waals surface area contributed by atoms with Gasteiger partial charge in [0, 0.05) is 17.5 Å². The van der Waals surface area contributed by atoms with Crippen molar-refractivity contribution in [3.63, 3.8) is 0 Å². The Bertz CT molecular complexity index is 1550. The van der Waals surface area contributed by atoms with Crippen molar-refractivity contribution < 1.29 is 33.7 Å². The highest BCUT2D eigenvalue weighted by molar-refractivity contribution is 5.95. The van der Waals surface area contributed by atoms with Crippen molar-refractivity contribution >= 4 is 35.0 Å². The molecule has 0 atom stereocenters. The van der Waals surface area contributed by atoms with Gasteiger partial charge in [-0.3, -0.25) is 9.59 Å². The van der Waals surface area contributed by atoms with Crippen molar-refractivity contribution in [3.05, 3.63) is 107 Å². The first-order chi connectivity index (χ1) is 19.8. The van der Waals surface area contributed by atoms with E-state index in [0.29, 0.717) is 59.5 Å².